The molecular formula is C12H17N3S. The molecule has 0 radical (unpaired) electrons. The van der Waals surface area contributed by atoms with Gasteiger partial charge in [0.15, 0.2) is 0 Å². The topological polar surface area (TPSA) is 43.8 Å². The second-order valence-electron chi connectivity index (χ2n) is 4.57. The maximum atomic E-state index is 5.73. The van der Waals surface area contributed by atoms with Crippen LogP contribution in [0.5, 0.6) is 0 Å². The van der Waals surface area contributed by atoms with Crippen molar-refractivity contribution < 1.29 is 0 Å². The fourth-order valence-corrected chi connectivity index (χ4v) is 2.57. The van der Waals surface area contributed by atoms with Crippen molar-refractivity contribution in [3.05, 3.63) is 24.5 Å². The zero-order valence-corrected chi connectivity index (χ0v) is 10.7. The van der Waals surface area contributed by atoms with Crippen molar-refractivity contribution in [3.8, 4) is 0 Å². The predicted molar refractivity (Wildman–Crippen MR) is 69.7 cm³/mol. The molecule has 2 rings (SSSR count). The third-order valence-corrected chi connectivity index (χ3v) is 3.79. The van der Waals surface area contributed by atoms with Crippen LogP contribution < -0.4 is 5.73 Å². The molecule has 0 amide bonds. The molecule has 0 saturated carbocycles. The van der Waals surface area contributed by atoms with Gasteiger partial charge < -0.3 is 10.3 Å². The first-order chi connectivity index (χ1) is 7.52. The summed E-state index contributed by atoms with van der Waals surface area (Å²) in [7, 11) is 2.01. The van der Waals surface area contributed by atoms with Crippen molar-refractivity contribution in [2.45, 2.75) is 23.5 Å². The standard InChI is InChI=1S/C12H17N3S/c1-12(2,7-13)16-9-4-5-11-10(6-9)14-8-15(11)3/h4-6,8H,7,13H2,1-3H3. The number of hydrogen-bond donors (Lipinski definition) is 1. The van der Waals surface area contributed by atoms with Gasteiger partial charge in [0.1, 0.15) is 0 Å². The molecule has 86 valence electrons. The van der Waals surface area contributed by atoms with Gasteiger partial charge in [0.25, 0.3) is 0 Å². The lowest BCUT2D eigenvalue weighted by atomic mass is 10.2. The smallest absolute Gasteiger partial charge is 0.0955 e. The summed E-state index contributed by atoms with van der Waals surface area (Å²) in [4.78, 5) is 5.58. The number of fused-ring (bicyclic) bond motifs is 1. The number of benzene rings is 1. The number of aromatic nitrogens is 2. The number of thioether (sulfide) groups is 1. The molecule has 0 saturated heterocycles. The summed E-state index contributed by atoms with van der Waals surface area (Å²) >= 11 is 1.80. The van der Waals surface area contributed by atoms with Crippen LogP contribution in [0.15, 0.2) is 29.4 Å². The van der Waals surface area contributed by atoms with E-state index >= 15 is 0 Å². The highest BCUT2D eigenvalue weighted by molar-refractivity contribution is 8.00. The Morgan fingerprint density at radius 1 is 1.44 bits per heavy atom. The van der Waals surface area contributed by atoms with Crippen LogP contribution in [0.25, 0.3) is 11.0 Å². The third-order valence-electron chi connectivity index (χ3n) is 2.58. The Hall–Kier alpha value is -1.00. The number of imidazole rings is 1. The van der Waals surface area contributed by atoms with Crippen molar-refractivity contribution >= 4 is 22.8 Å². The van der Waals surface area contributed by atoms with E-state index in [2.05, 4.69) is 37.0 Å². The minimum absolute atomic E-state index is 0.0719. The molecule has 0 aliphatic carbocycles. The monoisotopic (exact) mass is 235 g/mol. The first-order valence-electron chi connectivity index (χ1n) is 5.32. The van der Waals surface area contributed by atoms with Gasteiger partial charge in [-0.25, -0.2) is 4.98 Å². The Balaban J connectivity index is 2.33. The summed E-state index contributed by atoms with van der Waals surface area (Å²) in [5, 5.41) is 0. The average molecular weight is 235 g/mol. The molecule has 2 N–H and O–H groups in total. The lowest BCUT2D eigenvalue weighted by Gasteiger charge is -2.21. The molecule has 3 nitrogen and oxygen atoms in total. The van der Waals surface area contributed by atoms with Gasteiger partial charge in [0.2, 0.25) is 0 Å². The largest absolute Gasteiger partial charge is 0.334 e. The van der Waals surface area contributed by atoms with Crippen LogP contribution in [-0.4, -0.2) is 20.8 Å². The SMILES string of the molecule is Cn1cnc2cc(SC(C)(C)CN)ccc21. The first kappa shape index (κ1) is 11.5. The van der Waals surface area contributed by atoms with E-state index in [1.165, 1.54) is 4.90 Å². The lowest BCUT2D eigenvalue weighted by Crippen LogP contribution is -2.26. The van der Waals surface area contributed by atoms with Gasteiger partial charge >= 0.3 is 0 Å². The highest BCUT2D eigenvalue weighted by Crippen LogP contribution is 2.32. The van der Waals surface area contributed by atoms with E-state index < -0.39 is 0 Å². The van der Waals surface area contributed by atoms with E-state index in [4.69, 9.17) is 5.73 Å². The van der Waals surface area contributed by atoms with E-state index in [1.807, 2.05) is 17.9 Å². The van der Waals surface area contributed by atoms with Crippen LogP contribution in [0.3, 0.4) is 0 Å². The summed E-state index contributed by atoms with van der Waals surface area (Å²) in [6.07, 6.45) is 1.84. The van der Waals surface area contributed by atoms with Gasteiger partial charge in [-0.05, 0) is 32.0 Å². The second kappa shape index (κ2) is 4.11. The molecule has 16 heavy (non-hydrogen) atoms. The molecule has 0 spiro atoms. The quantitative estimate of drug-likeness (QED) is 0.831. The van der Waals surface area contributed by atoms with Crippen molar-refractivity contribution in [3.63, 3.8) is 0 Å². The first-order valence-corrected chi connectivity index (χ1v) is 6.14. The van der Waals surface area contributed by atoms with Gasteiger partial charge in [0, 0.05) is 23.2 Å². The molecule has 0 atom stereocenters. The molecule has 1 aromatic heterocycles. The van der Waals surface area contributed by atoms with Crippen LogP contribution in [0.2, 0.25) is 0 Å². The molecule has 1 heterocycles. The van der Waals surface area contributed by atoms with Crippen LogP contribution in [0.1, 0.15) is 13.8 Å². The van der Waals surface area contributed by atoms with Crippen molar-refractivity contribution in [2.24, 2.45) is 12.8 Å². The van der Waals surface area contributed by atoms with Crippen molar-refractivity contribution in [1.29, 1.82) is 0 Å². The molecular weight excluding hydrogens is 218 g/mol. The Kier molecular flexibility index (Phi) is 2.95. The minimum atomic E-state index is 0.0719. The maximum Gasteiger partial charge on any atom is 0.0955 e. The molecule has 4 heteroatoms. The zero-order chi connectivity index (χ0) is 11.8. The Labute approximate surface area is 100 Å². The zero-order valence-electron chi connectivity index (χ0n) is 9.90. The van der Waals surface area contributed by atoms with Crippen LogP contribution in [0, 0.1) is 0 Å². The number of nitrogens with zero attached hydrogens (tertiary/aromatic N) is 2. The summed E-state index contributed by atoms with van der Waals surface area (Å²) in [6, 6.07) is 6.36. The van der Waals surface area contributed by atoms with E-state index in [9.17, 15) is 0 Å². The van der Waals surface area contributed by atoms with Gasteiger partial charge in [-0.2, -0.15) is 0 Å². The van der Waals surface area contributed by atoms with Crippen LogP contribution >= 0.6 is 11.8 Å². The van der Waals surface area contributed by atoms with E-state index in [-0.39, 0.29) is 4.75 Å². The fraction of sp³-hybridized carbons (Fsp3) is 0.417. The predicted octanol–water partition coefficient (Wildman–Crippen LogP) is 2.40. The summed E-state index contributed by atoms with van der Waals surface area (Å²) in [5.41, 5.74) is 7.93. The third kappa shape index (κ3) is 2.23. The number of nitrogens with two attached hydrogens (primary N) is 1. The van der Waals surface area contributed by atoms with Crippen LogP contribution in [0.4, 0.5) is 0 Å². The average Bonchev–Trinajstić information content (AvgIpc) is 2.60. The highest BCUT2D eigenvalue weighted by atomic mass is 32.2. The van der Waals surface area contributed by atoms with Gasteiger partial charge in [-0.1, -0.05) is 0 Å². The van der Waals surface area contributed by atoms with Gasteiger partial charge in [-0.3, -0.25) is 0 Å². The lowest BCUT2D eigenvalue weighted by molar-refractivity contribution is 0.723. The highest BCUT2D eigenvalue weighted by Gasteiger charge is 2.17. The van der Waals surface area contributed by atoms with E-state index in [0.29, 0.717) is 6.54 Å². The van der Waals surface area contributed by atoms with Crippen molar-refractivity contribution in [1.82, 2.24) is 9.55 Å². The minimum Gasteiger partial charge on any atom is -0.334 e. The van der Waals surface area contributed by atoms with E-state index in [1.54, 1.807) is 11.8 Å². The Bertz CT molecular complexity index is 502. The fourth-order valence-electron chi connectivity index (χ4n) is 1.54. The molecule has 1 aromatic carbocycles. The van der Waals surface area contributed by atoms with E-state index in [0.717, 1.165) is 11.0 Å². The molecule has 0 fully saturated rings. The molecule has 0 unspecified atom stereocenters. The molecule has 0 aliphatic rings. The normalized spacial score (nSPS) is 12.2. The summed E-state index contributed by atoms with van der Waals surface area (Å²) in [6.45, 7) is 4.97. The van der Waals surface area contributed by atoms with Crippen molar-refractivity contribution in [2.75, 3.05) is 6.54 Å². The molecule has 0 bridgehead atoms. The summed E-state index contributed by atoms with van der Waals surface area (Å²) in [5.74, 6) is 0. The Morgan fingerprint density at radius 2 is 2.19 bits per heavy atom. The Morgan fingerprint density at radius 3 is 2.88 bits per heavy atom. The number of rotatable bonds is 3. The van der Waals surface area contributed by atoms with Gasteiger partial charge in [0.05, 0.1) is 17.4 Å². The molecule has 2 aromatic rings. The number of aryl methyl sites for hydroxylation is 1. The molecule has 0 aliphatic heterocycles. The summed E-state index contributed by atoms with van der Waals surface area (Å²) < 4.78 is 2.10. The van der Waals surface area contributed by atoms with Gasteiger partial charge in [-0.15, -0.1) is 11.8 Å². The maximum absolute atomic E-state index is 5.73. The van der Waals surface area contributed by atoms with Crippen LogP contribution in [-0.2, 0) is 7.05 Å². The second-order valence-corrected chi connectivity index (χ2v) is 6.35. The number of hydrogen-bond acceptors (Lipinski definition) is 3.